The van der Waals surface area contributed by atoms with Crippen molar-refractivity contribution in [2.75, 3.05) is 11.1 Å². The van der Waals surface area contributed by atoms with Crippen LogP contribution >= 0.6 is 23.1 Å². The Morgan fingerprint density at radius 2 is 2.38 bits per heavy atom. The van der Waals surface area contributed by atoms with E-state index in [0.29, 0.717) is 11.7 Å². The van der Waals surface area contributed by atoms with Gasteiger partial charge in [0.1, 0.15) is 5.82 Å². The highest BCUT2D eigenvalue weighted by atomic mass is 32.2. The quantitative estimate of drug-likeness (QED) is 0.626. The summed E-state index contributed by atoms with van der Waals surface area (Å²) >= 11 is 2.76. The summed E-state index contributed by atoms with van der Waals surface area (Å²) in [6.07, 6.45) is 3.46. The number of nitrogens with zero attached hydrogens (tertiary/aromatic N) is 4. The van der Waals surface area contributed by atoms with E-state index in [4.69, 9.17) is 0 Å². The smallest absolute Gasteiger partial charge is 0.236 e. The summed E-state index contributed by atoms with van der Waals surface area (Å²) in [4.78, 5) is 15.9. The number of allylic oxidation sites excluding steroid dienone is 1. The number of hydrogen-bond donors (Lipinski definition) is 1. The van der Waals surface area contributed by atoms with Crippen molar-refractivity contribution in [1.82, 2.24) is 19.7 Å². The van der Waals surface area contributed by atoms with Crippen LogP contribution in [0, 0.1) is 0 Å². The van der Waals surface area contributed by atoms with Crippen LogP contribution in [-0.2, 0) is 11.3 Å². The summed E-state index contributed by atoms with van der Waals surface area (Å²) in [5.74, 6) is 1.34. The Bertz CT molecular complexity index is 606. The van der Waals surface area contributed by atoms with E-state index in [-0.39, 0.29) is 17.6 Å². The second-order valence-corrected chi connectivity index (χ2v) is 6.41. The van der Waals surface area contributed by atoms with Crippen molar-refractivity contribution < 1.29 is 4.79 Å². The van der Waals surface area contributed by atoms with Gasteiger partial charge in [-0.2, -0.15) is 0 Å². The van der Waals surface area contributed by atoms with Crippen LogP contribution in [0.3, 0.4) is 0 Å². The standard InChI is InChI=1S/C13H17N5OS2/c1-4-6-18-11(9(2)3)16-17-13(18)21-8-10(19)15-12-14-5-7-20-12/h4-5,7,9H,1,6,8H2,2-3H3,(H,14,15,19). The average Bonchev–Trinajstić information content (AvgIpc) is 3.06. The fourth-order valence-electron chi connectivity index (χ4n) is 1.71. The van der Waals surface area contributed by atoms with Gasteiger partial charge in [0.05, 0.1) is 5.75 Å². The molecule has 21 heavy (non-hydrogen) atoms. The number of thiazole rings is 1. The molecule has 0 spiro atoms. The first kappa shape index (κ1) is 15.7. The molecule has 0 bridgehead atoms. The third-order valence-corrected chi connectivity index (χ3v) is 4.24. The Kier molecular flexibility index (Phi) is 5.51. The number of anilines is 1. The van der Waals surface area contributed by atoms with E-state index in [2.05, 4.69) is 40.9 Å². The molecule has 0 unspecified atom stereocenters. The first-order valence-electron chi connectivity index (χ1n) is 6.48. The molecule has 2 aromatic rings. The molecular weight excluding hydrogens is 306 g/mol. The molecule has 2 aromatic heterocycles. The largest absolute Gasteiger partial charge is 0.302 e. The Hall–Kier alpha value is -1.67. The lowest BCUT2D eigenvalue weighted by molar-refractivity contribution is -0.113. The summed E-state index contributed by atoms with van der Waals surface area (Å²) in [7, 11) is 0. The average molecular weight is 323 g/mol. The monoisotopic (exact) mass is 323 g/mol. The number of hydrogen-bond acceptors (Lipinski definition) is 6. The van der Waals surface area contributed by atoms with Gasteiger partial charge in [-0.15, -0.1) is 28.1 Å². The van der Waals surface area contributed by atoms with Crippen LogP contribution < -0.4 is 5.32 Å². The van der Waals surface area contributed by atoms with Gasteiger partial charge < -0.3 is 9.88 Å². The summed E-state index contributed by atoms with van der Waals surface area (Å²) in [6.45, 7) is 8.51. The van der Waals surface area contributed by atoms with Crippen molar-refractivity contribution in [3.8, 4) is 0 Å². The summed E-state index contributed by atoms with van der Waals surface area (Å²) < 4.78 is 1.99. The minimum absolute atomic E-state index is 0.103. The highest BCUT2D eigenvalue weighted by Gasteiger charge is 2.15. The molecule has 1 N–H and O–H groups in total. The molecule has 8 heteroatoms. The maximum Gasteiger partial charge on any atom is 0.236 e. The summed E-state index contributed by atoms with van der Waals surface area (Å²) in [6, 6.07) is 0. The van der Waals surface area contributed by atoms with Crippen LogP contribution in [0.2, 0.25) is 0 Å². The normalized spacial score (nSPS) is 10.8. The van der Waals surface area contributed by atoms with E-state index in [0.717, 1.165) is 11.0 Å². The van der Waals surface area contributed by atoms with E-state index >= 15 is 0 Å². The molecule has 1 amide bonds. The molecule has 2 heterocycles. The van der Waals surface area contributed by atoms with Crippen molar-refractivity contribution in [2.45, 2.75) is 31.5 Å². The highest BCUT2D eigenvalue weighted by Crippen LogP contribution is 2.21. The number of rotatable bonds is 7. The summed E-state index contributed by atoms with van der Waals surface area (Å²) in [5, 5.41) is 14.2. The highest BCUT2D eigenvalue weighted by molar-refractivity contribution is 7.99. The number of amides is 1. The second kappa shape index (κ2) is 7.37. The van der Waals surface area contributed by atoms with E-state index in [9.17, 15) is 4.79 Å². The van der Waals surface area contributed by atoms with Gasteiger partial charge in [0.15, 0.2) is 10.3 Å². The topological polar surface area (TPSA) is 72.7 Å². The first-order valence-corrected chi connectivity index (χ1v) is 8.34. The van der Waals surface area contributed by atoms with Crippen LogP contribution in [0.4, 0.5) is 5.13 Å². The van der Waals surface area contributed by atoms with Crippen molar-refractivity contribution in [3.05, 3.63) is 30.1 Å². The number of carbonyl (C=O) groups excluding carboxylic acids is 1. The van der Waals surface area contributed by atoms with Crippen LogP contribution in [-0.4, -0.2) is 31.4 Å². The SMILES string of the molecule is C=CCn1c(SCC(=O)Nc2nccs2)nnc1C(C)C. The van der Waals surface area contributed by atoms with Gasteiger partial charge in [-0.25, -0.2) is 4.98 Å². The molecule has 0 atom stereocenters. The molecule has 0 saturated carbocycles. The lowest BCUT2D eigenvalue weighted by Gasteiger charge is -2.09. The van der Waals surface area contributed by atoms with Gasteiger partial charge >= 0.3 is 0 Å². The minimum atomic E-state index is -0.103. The number of aromatic nitrogens is 4. The zero-order valence-electron chi connectivity index (χ0n) is 11.9. The van der Waals surface area contributed by atoms with Crippen molar-refractivity contribution in [1.29, 1.82) is 0 Å². The summed E-state index contributed by atoms with van der Waals surface area (Å²) in [5.41, 5.74) is 0. The zero-order chi connectivity index (χ0) is 15.2. The Balaban J connectivity index is 1.99. The predicted molar refractivity (Wildman–Crippen MR) is 85.8 cm³/mol. The molecule has 2 rings (SSSR count). The second-order valence-electron chi connectivity index (χ2n) is 4.57. The van der Waals surface area contributed by atoms with Crippen LogP contribution in [0.25, 0.3) is 0 Å². The molecule has 0 saturated heterocycles. The van der Waals surface area contributed by atoms with Gasteiger partial charge in [0, 0.05) is 24.0 Å². The zero-order valence-corrected chi connectivity index (χ0v) is 13.6. The minimum Gasteiger partial charge on any atom is -0.302 e. The molecule has 0 radical (unpaired) electrons. The number of nitrogens with one attached hydrogen (secondary N) is 1. The van der Waals surface area contributed by atoms with E-state index < -0.39 is 0 Å². The maximum absolute atomic E-state index is 11.9. The third-order valence-electron chi connectivity index (χ3n) is 2.58. The van der Waals surface area contributed by atoms with Gasteiger partial charge in [-0.05, 0) is 0 Å². The molecule has 112 valence electrons. The van der Waals surface area contributed by atoms with Crippen LogP contribution in [0.5, 0.6) is 0 Å². The fourth-order valence-corrected chi connectivity index (χ4v) is 3.01. The molecule has 0 aliphatic heterocycles. The van der Waals surface area contributed by atoms with Gasteiger partial charge in [0.2, 0.25) is 5.91 Å². The fraction of sp³-hybridized carbons (Fsp3) is 0.385. The molecule has 0 aromatic carbocycles. The molecule has 0 aliphatic carbocycles. The number of thioether (sulfide) groups is 1. The Labute approximate surface area is 131 Å². The lowest BCUT2D eigenvalue weighted by atomic mass is 10.2. The van der Waals surface area contributed by atoms with Crippen LogP contribution in [0.15, 0.2) is 29.4 Å². The Morgan fingerprint density at radius 1 is 1.57 bits per heavy atom. The molecule has 6 nitrogen and oxygen atoms in total. The van der Waals surface area contributed by atoms with E-state index in [1.54, 1.807) is 12.3 Å². The third kappa shape index (κ3) is 4.15. The van der Waals surface area contributed by atoms with E-state index in [1.165, 1.54) is 23.1 Å². The number of carbonyl (C=O) groups is 1. The van der Waals surface area contributed by atoms with Crippen molar-refractivity contribution in [2.24, 2.45) is 0 Å². The predicted octanol–water partition coefficient (Wildman–Crippen LogP) is 2.77. The molecular formula is C13H17N5OS2. The molecule has 0 fully saturated rings. The van der Waals surface area contributed by atoms with Crippen LogP contribution in [0.1, 0.15) is 25.6 Å². The maximum atomic E-state index is 11.9. The molecule has 0 aliphatic rings. The van der Waals surface area contributed by atoms with Crippen molar-refractivity contribution in [3.63, 3.8) is 0 Å². The lowest BCUT2D eigenvalue weighted by Crippen LogP contribution is -2.14. The van der Waals surface area contributed by atoms with Gasteiger partial charge in [-0.3, -0.25) is 4.79 Å². The van der Waals surface area contributed by atoms with Crippen molar-refractivity contribution >= 4 is 34.1 Å². The van der Waals surface area contributed by atoms with Gasteiger partial charge in [0.25, 0.3) is 0 Å². The van der Waals surface area contributed by atoms with Gasteiger partial charge in [-0.1, -0.05) is 31.7 Å². The Morgan fingerprint density at radius 3 is 3.00 bits per heavy atom. The first-order chi connectivity index (χ1) is 10.1. The van der Waals surface area contributed by atoms with E-state index in [1.807, 2.05) is 9.95 Å².